The van der Waals surface area contributed by atoms with Crippen LogP contribution in [0.4, 0.5) is 0 Å². The molecule has 1 aliphatic heterocycles. The van der Waals surface area contributed by atoms with E-state index in [0.29, 0.717) is 18.9 Å². The van der Waals surface area contributed by atoms with Gasteiger partial charge in [-0.05, 0) is 12.8 Å². The minimum atomic E-state index is -2.83. The topological polar surface area (TPSA) is 67.4 Å². The maximum Gasteiger partial charge on any atom is 0.154 e. The predicted molar refractivity (Wildman–Crippen MR) is 69.0 cm³/mol. The van der Waals surface area contributed by atoms with Crippen LogP contribution in [0.25, 0.3) is 0 Å². The van der Waals surface area contributed by atoms with Crippen molar-refractivity contribution in [3.63, 3.8) is 0 Å². The van der Waals surface area contributed by atoms with Gasteiger partial charge in [-0.1, -0.05) is 6.42 Å². The van der Waals surface area contributed by atoms with Crippen LogP contribution >= 0.6 is 0 Å². The highest BCUT2D eigenvalue weighted by molar-refractivity contribution is 7.92. The van der Waals surface area contributed by atoms with Gasteiger partial charge in [-0.25, -0.2) is 8.42 Å². The average Bonchev–Trinajstić information content (AvgIpc) is 2.29. The molecule has 102 valence electrons. The first-order valence-electron chi connectivity index (χ1n) is 6.29. The minimum Gasteiger partial charge on any atom is -0.383 e. The number of hydrogen-bond donors (Lipinski definition) is 2. The van der Waals surface area contributed by atoms with E-state index in [1.807, 2.05) is 0 Å². The first-order valence-corrected chi connectivity index (χ1v) is 8.00. The van der Waals surface area contributed by atoms with Gasteiger partial charge in [0.15, 0.2) is 9.84 Å². The van der Waals surface area contributed by atoms with E-state index in [2.05, 4.69) is 10.6 Å². The molecule has 2 N–H and O–H groups in total. The molecule has 0 radical (unpaired) electrons. The second kappa shape index (κ2) is 8.02. The van der Waals surface area contributed by atoms with Crippen molar-refractivity contribution in [2.45, 2.75) is 24.5 Å². The molecule has 0 aromatic heterocycles. The molecule has 0 aromatic rings. The molecule has 0 aromatic carbocycles. The molecule has 0 bridgehead atoms. The second-order valence-electron chi connectivity index (χ2n) is 4.43. The average molecular weight is 264 g/mol. The molecule has 0 amide bonds. The standard InChI is InChI=1S/C11H24N2O3S/c1-16-8-7-12-5-6-13-10-11-4-2-3-9-17(11,14)15/h11-13H,2-10H2,1H3. The van der Waals surface area contributed by atoms with Crippen molar-refractivity contribution in [2.75, 3.05) is 45.6 Å². The van der Waals surface area contributed by atoms with Gasteiger partial charge in [0.05, 0.1) is 17.6 Å². The molecule has 6 heteroatoms. The van der Waals surface area contributed by atoms with Crippen molar-refractivity contribution in [2.24, 2.45) is 0 Å². The van der Waals surface area contributed by atoms with E-state index in [0.717, 1.165) is 38.9 Å². The molecule has 1 aliphatic rings. The van der Waals surface area contributed by atoms with Gasteiger partial charge < -0.3 is 15.4 Å². The van der Waals surface area contributed by atoms with E-state index in [9.17, 15) is 8.42 Å². The number of methoxy groups -OCH3 is 1. The third-order valence-electron chi connectivity index (χ3n) is 3.05. The van der Waals surface area contributed by atoms with Gasteiger partial charge in [-0.2, -0.15) is 0 Å². The van der Waals surface area contributed by atoms with Crippen LogP contribution in [-0.4, -0.2) is 59.3 Å². The lowest BCUT2D eigenvalue weighted by molar-refractivity contribution is 0.199. The van der Waals surface area contributed by atoms with Crippen molar-refractivity contribution in [3.8, 4) is 0 Å². The van der Waals surface area contributed by atoms with Crippen LogP contribution in [0.2, 0.25) is 0 Å². The molecule has 1 atom stereocenters. The zero-order valence-electron chi connectivity index (χ0n) is 10.6. The van der Waals surface area contributed by atoms with E-state index in [1.54, 1.807) is 7.11 Å². The smallest absolute Gasteiger partial charge is 0.154 e. The van der Waals surface area contributed by atoms with Crippen LogP contribution in [0.1, 0.15) is 19.3 Å². The van der Waals surface area contributed by atoms with Gasteiger partial charge in [-0.3, -0.25) is 0 Å². The van der Waals surface area contributed by atoms with Crippen LogP contribution in [-0.2, 0) is 14.6 Å². The number of nitrogens with one attached hydrogen (secondary N) is 2. The largest absolute Gasteiger partial charge is 0.383 e. The zero-order valence-corrected chi connectivity index (χ0v) is 11.4. The summed E-state index contributed by atoms with van der Waals surface area (Å²) in [6.45, 7) is 3.77. The van der Waals surface area contributed by atoms with Gasteiger partial charge in [-0.15, -0.1) is 0 Å². The molecule has 1 rings (SSSR count). The van der Waals surface area contributed by atoms with Crippen molar-refractivity contribution in [1.82, 2.24) is 10.6 Å². The van der Waals surface area contributed by atoms with Crippen molar-refractivity contribution < 1.29 is 13.2 Å². The monoisotopic (exact) mass is 264 g/mol. The van der Waals surface area contributed by atoms with E-state index in [1.165, 1.54) is 0 Å². The Morgan fingerprint density at radius 1 is 1.18 bits per heavy atom. The Labute approximate surface area is 104 Å². The number of rotatable bonds is 8. The van der Waals surface area contributed by atoms with E-state index >= 15 is 0 Å². The summed E-state index contributed by atoms with van der Waals surface area (Å²) in [4.78, 5) is 0. The molecule has 1 fully saturated rings. The van der Waals surface area contributed by atoms with Crippen molar-refractivity contribution >= 4 is 9.84 Å². The molecule has 0 aliphatic carbocycles. The summed E-state index contributed by atoms with van der Waals surface area (Å²) in [6.07, 6.45) is 2.68. The van der Waals surface area contributed by atoms with E-state index in [4.69, 9.17) is 4.74 Å². The molecular weight excluding hydrogens is 240 g/mol. The van der Waals surface area contributed by atoms with Crippen molar-refractivity contribution in [1.29, 1.82) is 0 Å². The zero-order chi connectivity index (χ0) is 12.6. The van der Waals surface area contributed by atoms with Gasteiger partial charge in [0.1, 0.15) is 0 Å². The minimum absolute atomic E-state index is 0.171. The van der Waals surface area contributed by atoms with Crippen LogP contribution in [0.15, 0.2) is 0 Å². The third-order valence-corrected chi connectivity index (χ3v) is 5.32. The Bertz CT molecular complexity index is 293. The fraction of sp³-hybridized carbons (Fsp3) is 1.00. The van der Waals surface area contributed by atoms with Gasteiger partial charge >= 0.3 is 0 Å². The Morgan fingerprint density at radius 3 is 2.65 bits per heavy atom. The van der Waals surface area contributed by atoms with E-state index < -0.39 is 9.84 Å². The van der Waals surface area contributed by atoms with Crippen LogP contribution < -0.4 is 10.6 Å². The summed E-state index contributed by atoms with van der Waals surface area (Å²) >= 11 is 0. The summed E-state index contributed by atoms with van der Waals surface area (Å²) in [7, 11) is -1.15. The lowest BCUT2D eigenvalue weighted by Gasteiger charge is -2.22. The normalized spacial score (nSPS) is 23.7. The summed E-state index contributed by atoms with van der Waals surface area (Å²) in [5.41, 5.74) is 0. The summed E-state index contributed by atoms with van der Waals surface area (Å²) in [5.74, 6) is 0.367. The first kappa shape index (κ1) is 14.9. The molecular formula is C11H24N2O3S. The van der Waals surface area contributed by atoms with Gasteiger partial charge in [0, 0.05) is 33.3 Å². The Morgan fingerprint density at radius 2 is 1.94 bits per heavy atom. The lowest BCUT2D eigenvalue weighted by Crippen LogP contribution is -2.39. The first-order chi connectivity index (χ1) is 8.17. The Hall–Kier alpha value is -0.170. The molecule has 1 unspecified atom stereocenters. The van der Waals surface area contributed by atoms with Crippen LogP contribution in [0.5, 0.6) is 0 Å². The van der Waals surface area contributed by atoms with Crippen LogP contribution in [0.3, 0.4) is 0 Å². The van der Waals surface area contributed by atoms with Gasteiger partial charge in [0.25, 0.3) is 0 Å². The Balaban J connectivity index is 2.05. The van der Waals surface area contributed by atoms with E-state index in [-0.39, 0.29) is 5.25 Å². The lowest BCUT2D eigenvalue weighted by atomic mass is 10.2. The number of ether oxygens (including phenoxy) is 1. The number of hydrogen-bond acceptors (Lipinski definition) is 5. The second-order valence-corrected chi connectivity index (χ2v) is 6.83. The molecule has 0 saturated carbocycles. The summed E-state index contributed by atoms with van der Waals surface area (Å²) < 4.78 is 28.3. The summed E-state index contributed by atoms with van der Waals surface area (Å²) in [6, 6.07) is 0. The summed E-state index contributed by atoms with van der Waals surface area (Å²) in [5, 5.41) is 6.24. The fourth-order valence-electron chi connectivity index (χ4n) is 1.99. The molecule has 5 nitrogen and oxygen atoms in total. The third kappa shape index (κ3) is 5.81. The van der Waals surface area contributed by atoms with Gasteiger partial charge in [0.2, 0.25) is 0 Å². The predicted octanol–water partition coefficient (Wildman–Crippen LogP) is -0.221. The van der Waals surface area contributed by atoms with Crippen molar-refractivity contribution in [3.05, 3.63) is 0 Å². The fourth-order valence-corrected chi connectivity index (χ4v) is 3.83. The molecule has 1 saturated heterocycles. The maximum absolute atomic E-state index is 11.7. The number of sulfone groups is 1. The van der Waals surface area contributed by atoms with Crippen LogP contribution in [0, 0.1) is 0 Å². The SMILES string of the molecule is COCCNCCNCC1CCCCS1(=O)=O. The molecule has 0 spiro atoms. The highest BCUT2D eigenvalue weighted by atomic mass is 32.2. The highest BCUT2D eigenvalue weighted by Crippen LogP contribution is 2.18. The molecule has 1 heterocycles. The highest BCUT2D eigenvalue weighted by Gasteiger charge is 2.27. The maximum atomic E-state index is 11.7. The quantitative estimate of drug-likeness (QED) is 0.593. The molecule has 17 heavy (non-hydrogen) atoms. The Kier molecular flexibility index (Phi) is 7.03.